The van der Waals surface area contributed by atoms with Crippen molar-refractivity contribution in [3.63, 3.8) is 0 Å². The summed E-state index contributed by atoms with van der Waals surface area (Å²) in [5, 5.41) is 6.06. The van der Waals surface area contributed by atoms with Crippen molar-refractivity contribution in [2.45, 2.75) is 19.9 Å². The number of thiophene rings is 1. The van der Waals surface area contributed by atoms with E-state index in [1.54, 1.807) is 18.4 Å². The van der Waals surface area contributed by atoms with E-state index in [9.17, 15) is 4.79 Å². The summed E-state index contributed by atoms with van der Waals surface area (Å²) in [7, 11) is 1.61. The third-order valence-corrected chi connectivity index (χ3v) is 6.04. The number of benzene rings is 1. The van der Waals surface area contributed by atoms with Gasteiger partial charge < -0.3 is 18.9 Å². The number of nitrogens with zero attached hydrogens (tertiary/aromatic N) is 4. The molecule has 164 valence electrons. The van der Waals surface area contributed by atoms with Crippen LogP contribution < -0.4 is 9.47 Å². The van der Waals surface area contributed by atoms with Gasteiger partial charge >= 0.3 is 0 Å². The molecule has 0 unspecified atom stereocenters. The fourth-order valence-electron chi connectivity index (χ4n) is 3.47. The van der Waals surface area contributed by atoms with Crippen LogP contribution in [0.15, 0.2) is 40.2 Å². The molecule has 0 saturated carbocycles. The van der Waals surface area contributed by atoms with Gasteiger partial charge in [-0.3, -0.25) is 9.69 Å². The molecule has 1 amide bonds. The Morgan fingerprint density at radius 1 is 1.19 bits per heavy atom. The van der Waals surface area contributed by atoms with Gasteiger partial charge in [0.05, 0.1) is 31.6 Å². The van der Waals surface area contributed by atoms with E-state index in [1.165, 1.54) is 0 Å². The van der Waals surface area contributed by atoms with Crippen molar-refractivity contribution in [1.29, 1.82) is 0 Å². The quantitative estimate of drug-likeness (QED) is 0.530. The molecule has 9 heteroatoms. The SMILES string of the molecule is COc1cc(C)ccc1OCCC(=O)N1CCN(Cc2noc(-c3cccs3)n2)CC1. The first-order valence-electron chi connectivity index (χ1n) is 10.3. The molecule has 0 atom stereocenters. The first kappa shape index (κ1) is 21.3. The highest BCUT2D eigenvalue weighted by molar-refractivity contribution is 7.13. The van der Waals surface area contributed by atoms with E-state index in [4.69, 9.17) is 14.0 Å². The second-order valence-electron chi connectivity index (χ2n) is 7.40. The topological polar surface area (TPSA) is 80.9 Å². The van der Waals surface area contributed by atoms with Gasteiger partial charge in [-0.05, 0) is 36.1 Å². The zero-order valence-corrected chi connectivity index (χ0v) is 18.6. The fraction of sp³-hybridized carbons (Fsp3) is 0.409. The molecule has 8 nitrogen and oxygen atoms in total. The van der Waals surface area contributed by atoms with Gasteiger partial charge in [0, 0.05) is 26.2 Å². The van der Waals surface area contributed by atoms with Crippen molar-refractivity contribution in [1.82, 2.24) is 19.9 Å². The number of aromatic nitrogens is 2. The molecule has 1 aliphatic heterocycles. The molecule has 1 aliphatic rings. The number of hydrogen-bond acceptors (Lipinski definition) is 8. The smallest absolute Gasteiger partial charge is 0.268 e. The van der Waals surface area contributed by atoms with Crippen LogP contribution in [0.1, 0.15) is 17.8 Å². The minimum absolute atomic E-state index is 0.102. The van der Waals surface area contributed by atoms with Crippen molar-refractivity contribution < 1.29 is 18.8 Å². The first-order valence-corrected chi connectivity index (χ1v) is 11.1. The lowest BCUT2D eigenvalue weighted by Crippen LogP contribution is -2.48. The molecule has 1 fully saturated rings. The Kier molecular flexibility index (Phi) is 6.83. The number of aryl methyl sites for hydroxylation is 1. The Morgan fingerprint density at radius 2 is 2.03 bits per heavy atom. The first-order chi connectivity index (χ1) is 15.1. The van der Waals surface area contributed by atoms with Crippen LogP contribution in [0.4, 0.5) is 0 Å². The van der Waals surface area contributed by atoms with E-state index in [0.29, 0.717) is 55.9 Å². The van der Waals surface area contributed by atoms with Crippen LogP contribution >= 0.6 is 11.3 Å². The highest BCUT2D eigenvalue weighted by Crippen LogP contribution is 2.28. The summed E-state index contributed by atoms with van der Waals surface area (Å²) in [6, 6.07) is 9.68. The highest BCUT2D eigenvalue weighted by Gasteiger charge is 2.22. The molecular weight excluding hydrogens is 416 g/mol. The summed E-state index contributed by atoms with van der Waals surface area (Å²) in [5.41, 5.74) is 1.10. The Bertz CT molecular complexity index is 997. The largest absolute Gasteiger partial charge is 0.493 e. The van der Waals surface area contributed by atoms with Crippen LogP contribution in [0.25, 0.3) is 10.8 Å². The molecule has 3 heterocycles. The Morgan fingerprint density at radius 3 is 2.77 bits per heavy atom. The molecule has 3 aromatic rings. The maximum Gasteiger partial charge on any atom is 0.268 e. The zero-order chi connectivity index (χ0) is 21.6. The molecule has 0 aliphatic carbocycles. The monoisotopic (exact) mass is 442 g/mol. The predicted molar refractivity (Wildman–Crippen MR) is 117 cm³/mol. The number of rotatable bonds is 8. The van der Waals surface area contributed by atoms with E-state index in [2.05, 4.69) is 15.0 Å². The summed E-state index contributed by atoms with van der Waals surface area (Å²) in [6.45, 7) is 5.87. The fourth-order valence-corrected chi connectivity index (χ4v) is 4.12. The lowest BCUT2D eigenvalue weighted by Gasteiger charge is -2.34. The van der Waals surface area contributed by atoms with E-state index in [0.717, 1.165) is 23.5 Å². The van der Waals surface area contributed by atoms with E-state index in [-0.39, 0.29) is 5.91 Å². The maximum absolute atomic E-state index is 12.6. The van der Waals surface area contributed by atoms with Gasteiger partial charge in [0.25, 0.3) is 5.89 Å². The molecule has 0 radical (unpaired) electrons. The average Bonchev–Trinajstić information content (AvgIpc) is 3.47. The molecule has 0 bridgehead atoms. The van der Waals surface area contributed by atoms with Crippen LogP contribution in [-0.4, -0.2) is 65.7 Å². The highest BCUT2D eigenvalue weighted by atomic mass is 32.1. The minimum Gasteiger partial charge on any atom is -0.493 e. The van der Waals surface area contributed by atoms with Gasteiger partial charge in [0.1, 0.15) is 0 Å². The van der Waals surface area contributed by atoms with Crippen molar-refractivity contribution >= 4 is 17.2 Å². The van der Waals surface area contributed by atoms with Gasteiger partial charge in [-0.15, -0.1) is 11.3 Å². The molecule has 4 rings (SSSR count). The lowest BCUT2D eigenvalue weighted by atomic mass is 10.2. The number of carbonyl (C=O) groups excluding carboxylic acids is 1. The zero-order valence-electron chi connectivity index (χ0n) is 17.7. The lowest BCUT2D eigenvalue weighted by molar-refractivity contribution is -0.133. The van der Waals surface area contributed by atoms with Gasteiger partial charge in [-0.1, -0.05) is 17.3 Å². The molecule has 1 aromatic carbocycles. The normalized spacial score (nSPS) is 14.6. The van der Waals surface area contributed by atoms with Crippen molar-refractivity contribution in [2.75, 3.05) is 39.9 Å². The van der Waals surface area contributed by atoms with Gasteiger partial charge in [-0.25, -0.2) is 0 Å². The molecule has 0 N–H and O–H groups in total. The maximum atomic E-state index is 12.6. The number of carbonyl (C=O) groups is 1. The van der Waals surface area contributed by atoms with Gasteiger partial charge in [0.15, 0.2) is 17.3 Å². The Hall–Kier alpha value is -2.91. The third kappa shape index (κ3) is 5.42. The minimum atomic E-state index is 0.102. The van der Waals surface area contributed by atoms with Crippen LogP contribution in [0.3, 0.4) is 0 Å². The molecule has 1 saturated heterocycles. The summed E-state index contributed by atoms with van der Waals surface area (Å²) >= 11 is 1.58. The number of piperazine rings is 1. The summed E-state index contributed by atoms with van der Waals surface area (Å²) < 4.78 is 16.5. The van der Waals surface area contributed by atoms with Crippen LogP contribution in [0.2, 0.25) is 0 Å². The molecule has 31 heavy (non-hydrogen) atoms. The summed E-state index contributed by atoms with van der Waals surface area (Å²) in [5.74, 6) is 2.68. The third-order valence-electron chi connectivity index (χ3n) is 5.18. The second-order valence-corrected chi connectivity index (χ2v) is 8.35. The number of amides is 1. The van der Waals surface area contributed by atoms with Crippen LogP contribution in [0, 0.1) is 6.92 Å². The van der Waals surface area contributed by atoms with E-state index >= 15 is 0 Å². The average molecular weight is 443 g/mol. The molecule has 2 aromatic heterocycles. The standard InChI is InChI=1S/C22H26N4O4S/c1-16-5-6-17(18(14-16)28-2)29-12-7-21(27)26-10-8-25(9-11-26)15-20-23-22(30-24-20)19-4-3-13-31-19/h3-6,13-14H,7-12,15H2,1-2H3. The number of methoxy groups -OCH3 is 1. The van der Waals surface area contributed by atoms with Gasteiger partial charge in [0.2, 0.25) is 5.91 Å². The van der Waals surface area contributed by atoms with Gasteiger partial charge in [-0.2, -0.15) is 4.98 Å². The molecular formula is C22H26N4O4S. The Balaban J connectivity index is 1.20. The molecule has 0 spiro atoms. The van der Waals surface area contributed by atoms with Crippen LogP contribution in [0.5, 0.6) is 11.5 Å². The number of hydrogen-bond donors (Lipinski definition) is 0. The second kappa shape index (κ2) is 9.93. The Labute approximate surface area is 185 Å². The van der Waals surface area contributed by atoms with Crippen LogP contribution in [-0.2, 0) is 11.3 Å². The van der Waals surface area contributed by atoms with Crippen molar-refractivity contribution in [3.05, 3.63) is 47.1 Å². The number of ether oxygens (including phenoxy) is 2. The van der Waals surface area contributed by atoms with E-state index < -0.39 is 0 Å². The van der Waals surface area contributed by atoms with Crippen molar-refractivity contribution in [2.24, 2.45) is 0 Å². The van der Waals surface area contributed by atoms with E-state index in [1.807, 2.05) is 47.5 Å². The summed E-state index contributed by atoms with van der Waals surface area (Å²) in [6.07, 6.45) is 0.339. The van der Waals surface area contributed by atoms with Crippen molar-refractivity contribution in [3.8, 4) is 22.3 Å². The summed E-state index contributed by atoms with van der Waals surface area (Å²) in [4.78, 5) is 22.1. The predicted octanol–water partition coefficient (Wildman–Crippen LogP) is 3.23.